The van der Waals surface area contributed by atoms with Crippen LogP contribution in [0.2, 0.25) is 0 Å². The van der Waals surface area contributed by atoms with Crippen molar-refractivity contribution in [2.75, 3.05) is 26.2 Å². The van der Waals surface area contributed by atoms with Gasteiger partial charge in [-0.2, -0.15) is 5.10 Å². The third-order valence-corrected chi connectivity index (χ3v) is 4.77. The predicted octanol–water partition coefficient (Wildman–Crippen LogP) is 1.55. The van der Waals surface area contributed by atoms with Crippen molar-refractivity contribution in [3.05, 3.63) is 47.5 Å². The van der Waals surface area contributed by atoms with Crippen molar-refractivity contribution in [1.29, 1.82) is 0 Å². The molecular weight excluding hydrogens is 347 g/mol. The van der Waals surface area contributed by atoms with E-state index in [4.69, 9.17) is 4.74 Å². The van der Waals surface area contributed by atoms with Crippen molar-refractivity contribution >= 4 is 18.3 Å². The summed E-state index contributed by atoms with van der Waals surface area (Å²) in [6.07, 6.45) is 1.57. The lowest BCUT2D eigenvalue weighted by Gasteiger charge is -2.36. The first kappa shape index (κ1) is 17.8. The topological polar surface area (TPSA) is 59.4 Å². The minimum Gasteiger partial charge on any atom is -0.373 e. The Bertz CT molecular complexity index is 782. The summed E-state index contributed by atoms with van der Waals surface area (Å²) in [5.41, 5.74) is 1.49. The van der Waals surface area contributed by atoms with Gasteiger partial charge in [0.25, 0.3) is 5.91 Å². The van der Waals surface area contributed by atoms with Crippen molar-refractivity contribution in [2.24, 2.45) is 0 Å². The third-order valence-electron chi connectivity index (χ3n) is 4.77. The standard InChI is InChI=1S/C17H19FN4O2.ClH/c1-11-12(8-20-22(11)14-5-3-2-4-13(14)18)17(23)21-6-7-24-16-10-19-9-15(16)21;/h2-5,8,15-16,19H,6-7,9-10H2,1H3;1H/t15-,16+;/m1./s1. The van der Waals surface area contributed by atoms with E-state index in [1.807, 2.05) is 4.90 Å². The van der Waals surface area contributed by atoms with Crippen LogP contribution in [0.3, 0.4) is 0 Å². The number of halogens is 2. The van der Waals surface area contributed by atoms with Crippen molar-refractivity contribution in [3.63, 3.8) is 0 Å². The highest BCUT2D eigenvalue weighted by molar-refractivity contribution is 5.95. The molecule has 2 atom stereocenters. The maximum Gasteiger partial charge on any atom is 0.257 e. The number of rotatable bonds is 2. The Morgan fingerprint density at radius 2 is 2.16 bits per heavy atom. The molecule has 8 heteroatoms. The SMILES string of the molecule is Cc1c(C(=O)N2CCO[C@H]3CNC[C@H]32)cnn1-c1ccccc1F.Cl. The molecule has 3 heterocycles. The highest BCUT2D eigenvalue weighted by Gasteiger charge is 2.39. The Hall–Kier alpha value is -1.96. The predicted molar refractivity (Wildman–Crippen MR) is 92.9 cm³/mol. The van der Waals surface area contributed by atoms with Gasteiger partial charge in [-0.05, 0) is 19.1 Å². The summed E-state index contributed by atoms with van der Waals surface area (Å²) >= 11 is 0. The molecule has 0 radical (unpaired) electrons. The lowest BCUT2D eigenvalue weighted by atomic mass is 10.1. The monoisotopic (exact) mass is 366 g/mol. The molecule has 1 aromatic carbocycles. The minimum absolute atomic E-state index is 0. The molecule has 2 fully saturated rings. The van der Waals surface area contributed by atoms with Gasteiger partial charge >= 0.3 is 0 Å². The van der Waals surface area contributed by atoms with Gasteiger partial charge in [0.1, 0.15) is 11.5 Å². The number of nitrogens with zero attached hydrogens (tertiary/aromatic N) is 3. The summed E-state index contributed by atoms with van der Waals surface area (Å²) in [6, 6.07) is 6.45. The molecule has 1 aromatic heterocycles. The summed E-state index contributed by atoms with van der Waals surface area (Å²) in [5, 5.41) is 7.49. The van der Waals surface area contributed by atoms with Crippen LogP contribution in [0.1, 0.15) is 16.1 Å². The number of hydrogen-bond donors (Lipinski definition) is 1. The van der Waals surface area contributed by atoms with Gasteiger partial charge in [-0.1, -0.05) is 12.1 Å². The number of hydrogen-bond acceptors (Lipinski definition) is 4. The van der Waals surface area contributed by atoms with Crippen LogP contribution < -0.4 is 5.32 Å². The van der Waals surface area contributed by atoms with E-state index in [-0.39, 0.29) is 36.3 Å². The molecule has 0 bridgehead atoms. The molecule has 0 unspecified atom stereocenters. The number of amides is 1. The Kier molecular flexibility index (Phi) is 5.08. The zero-order valence-electron chi connectivity index (χ0n) is 13.8. The second-order valence-corrected chi connectivity index (χ2v) is 6.14. The average Bonchev–Trinajstić information content (AvgIpc) is 3.21. The molecule has 2 aromatic rings. The molecule has 2 saturated heterocycles. The Morgan fingerprint density at radius 3 is 2.96 bits per heavy atom. The Balaban J connectivity index is 0.00000182. The summed E-state index contributed by atoms with van der Waals surface area (Å²) in [4.78, 5) is 14.8. The smallest absolute Gasteiger partial charge is 0.257 e. The molecule has 134 valence electrons. The summed E-state index contributed by atoms with van der Waals surface area (Å²) in [6.45, 7) is 4.39. The number of para-hydroxylation sites is 1. The summed E-state index contributed by atoms with van der Waals surface area (Å²) in [7, 11) is 0. The zero-order chi connectivity index (χ0) is 16.7. The van der Waals surface area contributed by atoms with E-state index in [1.165, 1.54) is 16.9 Å². The Labute approximate surface area is 151 Å². The van der Waals surface area contributed by atoms with Gasteiger partial charge in [-0.25, -0.2) is 9.07 Å². The number of aromatic nitrogens is 2. The zero-order valence-corrected chi connectivity index (χ0v) is 14.6. The molecule has 0 aliphatic carbocycles. The molecule has 2 aliphatic heterocycles. The Morgan fingerprint density at radius 1 is 1.36 bits per heavy atom. The van der Waals surface area contributed by atoms with Crippen LogP contribution in [0.5, 0.6) is 0 Å². The average molecular weight is 367 g/mol. The van der Waals surface area contributed by atoms with Gasteiger partial charge < -0.3 is 15.0 Å². The lowest BCUT2D eigenvalue weighted by molar-refractivity contribution is -0.0365. The third kappa shape index (κ3) is 3.03. The highest BCUT2D eigenvalue weighted by atomic mass is 35.5. The molecular formula is C17H20ClFN4O2. The number of morpholine rings is 1. The van der Waals surface area contributed by atoms with Gasteiger partial charge in [0, 0.05) is 19.6 Å². The first-order valence-electron chi connectivity index (χ1n) is 8.09. The van der Waals surface area contributed by atoms with E-state index >= 15 is 0 Å². The lowest BCUT2D eigenvalue weighted by Crippen LogP contribution is -2.53. The molecule has 25 heavy (non-hydrogen) atoms. The van der Waals surface area contributed by atoms with Crippen molar-refractivity contribution < 1.29 is 13.9 Å². The van der Waals surface area contributed by atoms with Crippen LogP contribution in [0.4, 0.5) is 4.39 Å². The molecule has 0 spiro atoms. The van der Waals surface area contributed by atoms with E-state index in [9.17, 15) is 9.18 Å². The molecule has 2 aliphatic rings. The van der Waals surface area contributed by atoms with Gasteiger partial charge in [0.05, 0.1) is 36.2 Å². The maximum atomic E-state index is 14.0. The van der Waals surface area contributed by atoms with E-state index in [2.05, 4.69) is 10.4 Å². The number of benzene rings is 1. The van der Waals surface area contributed by atoms with Crippen molar-refractivity contribution in [3.8, 4) is 5.69 Å². The first-order valence-corrected chi connectivity index (χ1v) is 8.09. The molecule has 6 nitrogen and oxygen atoms in total. The first-order chi connectivity index (χ1) is 11.7. The fourth-order valence-corrected chi connectivity index (χ4v) is 3.48. The minimum atomic E-state index is -0.367. The highest BCUT2D eigenvalue weighted by Crippen LogP contribution is 2.23. The molecule has 4 rings (SSSR count). The summed E-state index contributed by atoms with van der Waals surface area (Å²) in [5.74, 6) is -0.439. The summed E-state index contributed by atoms with van der Waals surface area (Å²) < 4.78 is 21.2. The maximum absolute atomic E-state index is 14.0. The van der Waals surface area contributed by atoms with Crippen LogP contribution >= 0.6 is 12.4 Å². The second kappa shape index (κ2) is 7.11. The fourth-order valence-electron chi connectivity index (χ4n) is 3.48. The number of ether oxygens (including phenoxy) is 1. The molecule has 1 amide bonds. The van der Waals surface area contributed by atoms with Gasteiger partial charge in [-0.15, -0.1) is 12.4 Å². The van der Waals surface area contributed by atoms with Crippen LogP contribution in [0.15, 0.2) is 30.5 Å². The van der Waals surface area contributed by atoms with Crippen LogP contribution in [-0.4, -0.2) is 59.0 Å². The second-order valence-electron chi connectivity index (χ2n) is 6.14. The molecule has 0 saturated carbocycles. The number of carbonyl (C=O) groups excluding carboxylic acids is 1. The fraction of sp³-hybridized carbons (Fsp3) is 0.412. The normalized spacial score (nSPS) is 22.4. The number of carbonyl (C=O) groups is 1. The number of fused-ring (bicyclic) bond motifs is 1. The number of nitrogens with one attached hydrogen (secondary N) is 1. The quantitative estimate of drug-likeness (QED) is 0.876. The van der Waals surface area contributed by atoms with Gasteiger partial charge in [-0.3, -0.25) is 4.79 Å². The van der Waals surface area contributed by atoms with Gasteiger partial charge in [0.15, 0.2) is 0 Å². The van der Waals surface area contributed by atoms with E-state index in [0.717, 1.165) is 13.1 Å². The van der Waals surface area contributed by atoms with Crippen molar-refractivity contribution in [2.45, 2.75) is 19.1 Å². The van der Waals surface area contributed by atoms with Crippen molar-refractivity contribution in [1.82, 2.24) is 20.0 Å². The van der Waals surface area contributed by atoms with Crippen LogP contribution in [0, 0.1) is 12.7 Å². The van der Waals surface area contributed by atoms with Crippen LogP contribution in [0.25, 0.3) is 5.69 Å². The van der Waals surface area contributed by atoms with Gasteiger partial charge in [0.2, 0.25) is 0 Å². The van der Waals surface area contributed by atoms with Crippen LogP contribution in [-0.2, 0) is 4.74 Å². The van der Waals surface area contributed by atoms with E-state index < -0.39 is 0 Å². The largest absolute Gasteiger partial charge is 0.373 e. The molecule has 1 N–H and O–H groups in total. The van der Waals surface area contributed by atoms with E-state index in [1.54, 1.807) is 25.1 Å². The van der Waals surface area contributed by atoms with E-state index in [0.29, 0.717) is 30.1 Å².